The van der Waals surface area contributed by atoms with Gasteiger partial charge < -0.3 is 21.1 Å². The van der Waals surface area contributed by atoms with Gasteiger partial charge in [0, 0.05) is 13.0 Å². The first-order chi connectivity index (χ1) is 9.52. The van der Waals surface area contributed by atoms with Gasteiger partial charge in [-0.15, -0.1) is 0 Å². The van der Waals surface area contributed by atoms with Crippen LogP contribution in [0.3, 0.4) is 0 Å². The third kappa shape index (κ3) is 3.94. The molecule has 8 nitrogen and oxygen atoms in total. The molecule has 1 aliphatic heterocycles. The molecule has 1 fully saturated rings. The first-order valence-electron chi connectivity index (χ1n) is 6.04. The summed E-state index contributed by atoms with van der Waals surface area (Å²) in [4.78, 5) is 37.1. The molecule has 0 saturated carbocycles. The van der Waals surface area contributed by atoms with E-state index in [0.29, 0.717) is 17.9 Å². The average molecular weight is 278 g/mol. The second-order valence-electron chi connectivity index (χ2n) is 4.41. The maximum Gasteiger partial charge on any atom is 0.319 e. The molecule has 1 aromatic heterocycles. The van der Waals surface area contributed by atoms with Crippen molar-refractivity contribution in [1.29, 1.82) is 0 Å². The van der Waals surface area contributed by atoms with Crippen LogP contribution in [0.4, 0.5) is 10.5 Å². The van der Waals surface area contributed by atoms with Crippen molar-refractivity contribution in [3.8, 4) is 0 Å². The highest BCUT2D eigenvalue weighted by Gasteiger charge is 2.22. The van der Waals surface area contributed by atoms with Crippen molar-refractivity contribution in [2.45, 2.75) is 18.9 Å². The van der Waals surface area contributed by atoms with Gasteiger partial charge in [-0.2, -0.15) is 0 Å². The lowest BCUT2D eigenvalue weighted by atomic mass is 10.2. The zero-order valence-electron chi connectivity index (χ0n) is 10.5. The normalized spacial score (nSPS) is 17.4. The van der Waals surface area contributed by atoms with E-state index < -0.39 is 12.0 Å². The molecule has 1 aromatic rings. The number of carboxylic acid groups (broad SMARTS) is 1. The second-order valence-corrected chi connectivity index (χ2v) is 4.41. The van der Waals surface area contributed by atoms with Crippen LogP contribution in [0.5, 0.6) is 0 Å². The summed E-state index contributed by atoms with van der Waals surface area (Å²) in [5.41, 5.74) is 0.864. The molecule has 2 rings (SSSR count). The molecule has 8 heteroatoms. The number of carbonyl (C=O) groups excluding carboxylic acids is 2. The van der Waals surface area contributed by atoms with E-state index in [4.69, 9.17) is 5.11 Å². The summed E-state index contributed by atoms with van der Waals surface area (Å²) in [6.07, 6.45) is 1.49. The minimum Gasteiger partial charge on any atom is -0.481 e. The van der Waals surface area contributed by atoms with Gasteiger partial charge in [-0.05, 0) is 12.1 Å². The van der Waals surface area contributed by atoms with E-state index in [0.717, 1.165) is 0 Å². The standard InChI is InChI=1S/C12H14N4O4/c17-10-3-9(6-14-10)16-12(20)15-8-2-1-7(13-5-8)4-11(18)19/h1-2,5,9H,3-4,6H2,(H,14,17)(H,18,19)(H2,15,16,20). The molecule has 1 atom stereocenters. The van der Waals surface area contributed by atoms with Crippen molar-refractivity contribution < 1.29 is 19.5 Å². The van der Waals surface area contributed by atoms with Crippen LogP contribution < -0.4 is 16.0 Å². The highest BCUT2D eigenvalue weighted by molar-refractivity contribution is 5.90. The number of aliphatic carboxylic acids is 1. The Bertz CT molecular complexity index is 529. The number of hydrogen-bond donors (Lipinski definition) is 4. The smallest absolute Gasteiger partial charge is 0.319 e. The molecule has 1 unspecified atom stereocenters. The molecule has 3 amide bonds. The van der Waals surface area contributed by atoms with Gasteiger partial charge in [-0.1, -0.05) is 0 Å². The van der Waals surface area contributed by atoms with Crippen LogP contribution in [0.25, 0.3) is 0 Å². The number of nitrogens with zero attached hydrogens (tertiary/aromatic N) is 1. The van der Waals surface area contributed by atoms with E-state index in [1.165, 1.54) is 12.3 Å². The summed E-state index contributed by atoms with van der Waals surface area (Å²) in [6, 6.07) is 2.45. The van der Waals surface area contributed by atoms with E-state index in [-0.39, 0.29) is 24.8 Å². The van der Waals surface area contributed by atoms with Crippen molar-refractivity contribution in [3.05, 3.63) is 24.0 Å². The fraction of sp³-hybridized carbons (Fsp3) is 0.333. The number of aromatic nitrogens is 1. The monoisotopic (exact) mass is 278 g/mol. The van der Waals surface area contributed by atoms with Gasteiger partial charge in [-0.3, -0.25) is 14.6 Å². The van der Waals surface area contributed by atoms with E-state index in [9.17, 15) is 14.4 Å². The minimum atomic E-state index is -0.964. The van der Waals surface area contributed by atoms with E-state index in [2.05, 4.69) is 20.9 Å². The summed E-state index contributed by atoms with van der Waals surface area (Å²) < 4.78 is 0. The fourth-order valence-corrected chi connectivity index (χ4v) is 1.82. The number of anilines is 1. The highest BCUT2D eigenvalue weighted by atomic mass is 16.4. The van der Waals surface area contributed by atoms with Gasteiger partial charge in [0.15, 0.2) is 0 Å². The number of carbonyl (C=O) groups is 3. The Morgan fingerprint density at radius 3 is 2.80 bits per heavy atom. The van der Waals surface area contributed by atoms with Crippen LogP contribution in [-0.2, 0) is 16.0 Å². The van der Waals surface area contributed by atoms with Crippen LogP contribution in [0, 0.1) is 0 Å². The number of amides is 3. The largest absolute Gasteiger partial charge is 0.481 e. The van der Waals surface area contributed by atoms with Crippen molar-refractivity contribution in [1.82, 2.24) is 15.6 Å². The maximum absolute atomic E-state index is 11.7. The molecule has 0 aromatic carbocycles. The minimum absolute atomic E-state index is 0.0880. The fourth-order valence-electron chi connectivity index (χ4n) is 1.82. The van der Waals surface area contributed by atoms with Gasteiger partial charge in [0.25, 0.3) is 0 Å². The Balaban J connectivity index is 1.84. The van der Waals surface area contributed by atoms with Crippen LogP contribution in [0.1, 0.15) is 12.1 Å². The van der Waals surface area contributed by atoms with Gasteiger partial charge in [0.05, 0.1) is 30.0 Å². The molecule has 0 spiro atoms. The molecule has 0 aliphatic carbocycles. The lowest BCUT2D eigenvalue weighted by molar-refractivity contribution is -0.136. The van der Waals surface area contributed by atoms with Gasteiger partial charge in [0.2, 0.25) is 5.91 Å². The Morgan fingerprint density at radius 2 is 2.25 bits per heavy atom. The van der Waals surface area contributed by atoms with Crippen molar-refractivity contribution >= 4 is 23.6 Å². The van der Waals surface area contributed by atoms with Crippen molar-refractivity contribution in [3.63, 3.8) is 0 Å². The first kappa shape index (κ1) is 13.8. The summed E-state index contributed by atoms with van der Waals surface area (Å²) in [7, 11) is 0. The van der Waals surface area contributed by atoms with E-state index in [1.54, 1.807) is 6.07 Å². The van der Waals surface area contributed by atoms with Crippen LogP contribution >= 0.6 is 0 Å². The summed E-state index contributed by atoms with van der Waals surface area (Å²) in [6.45, 7) is 0.419. The summed E-state index contributed by atoms with van der Waals surface area (Å²) >= 11 is 0. The summed E-state index contributed by atoms with van der Waals surface area (Å²) in [5.74, 6) is -1.05. The molecule has 0 radical (unpaired) electrons. The highest BCUT2D eigenvalue weighted by Crippen LogP contribution is 2.07. The molecular formula is C12H14N4O4. The van der Waals surface area contributed by atoms with Crippen LogP contribution in [-0.4, -0.2) is 40.6 Å². The third-order valence-corrected chi connectivity index (χ3v) is 2.73. The number of pyridine rings is 1. The maximum atomic E-state index is 11.7. The average Bonchev–Trinajstić information content (AvgIpc) is 2.76. The first-order valence-corrected chi connectivity index (χ1v) is 6.04. The number of urea groups is 1. The quantitative estimate of drug-likeness (QED) is 0.603. The molecule has 1 saturated heterocycles. The lowest BCUT2D eigenvalue weighted by Crippen LogP contribution is -2.39. The molecular weight excluding hydrogens is 264 g/mol. The zero-order valence-corrected chi connectivity index (χ0v) is 10.5. The zero-order chi connectivity index (χ0) is 14.5. The molecule has 2 heterocycles. The van der Waals surface area contributed by atoms with Gasteiger partial charge >= 0.3 is 12.0 Å². The van der Waals surface area contributed by atoms with Crippen LogP contribution in [0.15, 0.2) is 18.3 Å². The number of nitrogens with one attached hydrogen (secondary N) is 3. The Kier molecular flexibility index (Phi) is 4.14. The molecule has 20 heavy (non-hydrogen) atoms. The third-order valence-electron chi connectivity index (χ3n) is 2.73. The topological polar surface area (TPSA) is 120 Å². The Morgan fingerprint density at radius 1 is 1.45 bits per heavy atom. The Labute approximate surface area is 114 Å². The van der Waals surface area contributed by atoms with E-state index >= 15 is 0 Å². The predicted octanol–water partition coefficient (Wildman–Crippen LogP) is -0.281. The molecule has 106 valence electrons. The SMILES string of the molecule is O=C(O)Cc1ccc(NC(=O)NC2CNC(=O)C2)cn1. The number of carboxylic acids is 1. The second kappa shape index (κ2) is 6.00. The Hall–Kier alpha value is -2.64. The van der Waals surface area contributed by atoms with Gasteiger partial charge in [-0.25, -0.2) is 4.79 Å². The number of rotatable bonds is 4. The van der Waals surface area contributed by atoms with E-state index in [1.807, 2.05) is 0 Å². The number of hydrogen-bond acceptors (Lipinski definition) is 4. The lowest BCUT2D eigenvalue weighted by Gasteiger charge is -2.11. The predicted molar refractivity (Wildman–Crippen MR) is 69.1 cm³/mol. The molecule has 0 bridgehead atoms. The summed E-state index contributed by atoms with van der Waals surface area (Å²) in [5, 5.41) is 16.4. The van der Waals surface area contributed by atoms with Crippen LogP contribution in [0.2, 0.25) is 0 Å². The van der Waals surface area contributed by atoms with Gasteiger partial charge in [0.1, 0.15) is 0 Å². The van der Waals surface area contributed by atoms with Crippen molar-refractivity contribution in [2.75, 3.05) is 11.9 Å². The molecule has 1 aliphatic rings. The van der Waals surface area contributed by atoms with Crippen molar-refractivity contribution in [2.24, 2.45) is 0 Å². The molecule has 4 N–H and O–H groups in total.